The number of rotatable bonds is 8. The monoisotopic (exact) mass is 456 g/mol. The van der Waals surface area contributed by atoms with Gasteiger partial charge in [-0.05, 0) is 56.2 Å². The van der Waals surface area contributed by atoms with Gasteiger partial charge in [-0.1, -0.05) is 48.3 Å². The van der Waals surface area contributed by atoms with Crippen molar-refractivity contribution in [1.29, 1.82) is 0 Å². The molecule has 0 unspecified atom stereocenters. The first kappa shape index (κ1) is 21.7. The highest BCUT2D eigenvalue weighted by Crippen LogP contribution is 2.32. The summed E-state index contributed by atoms with van der Waals surface area (Å²) in [5, 5.41) is 13.1. The largest absolute Gasteiger partial charge is 0.494 e. The SMILES string of the molecule is CCOc1ccc(-n2c(SCC(=O)NC3CCCC3)nnc2-c2ccccc2Cl)cc1. The van der Waals surface area contributed by atoms with E-state index in [1.807, 2.05) is 60.0 Å². The molecule has 8 heteroatoms. The van der Waals surface area contributed by atoms with Crippen LogP contribution in [0.25, 0.3) is 17.1 Å². The summed E-state index contributed by atoms with van der Waals surface area (Å²) in [6.45, 7) is 2.56. The van der Waals surface area contributed by atoms with Crippen LogP contribution in [0.2, 0.25) is 5.02 Å². The van der Waals surface area contributed by atoms with Crippen LogP contribution in [0.5, 0.6) is 5.75 Å². The van der Waals surface area contributed by atoms with Crippen LogP contribution in [0.1, 0.15) is 32.6 Å². The summed E-state index contributed by atoms with van der Waals surface area (Å²) in [4.78, 5) is 12.4. The second kappa shape index (κ2) is 10.2. The van der Waals surface area contributed by atoms with E-state index in [1.165, 1.54) is 24.6 Å². The van der Waals surface area contributed by atoms with E-state index in [-0.39, 0.29) is 11.7 Å². The quantitative estimate of drug-likeness (QED) is 0.475. The highest BCUT2D eigenvalue weighted by Gasteiger charge is 2.21. The number of halogens is 1. The third-order valence-electron chi connectivity index (χ3n) is 5.21. The van der Waals surface area contributed by atoms with Crippen molar-refractivity contribution in [3.05, 3.63) is 53.6 Å². The first-order valence-electron chi connectivity index (χ1n) is 10.5. The van der Waals surface area contributed by atoms with Gasteiger partial charge in [0.2, 0.25) is 5.91 Å². The summed E-state index contributed by atoms with van der Waals surface area (Å²) >= 11 is 7.82. The fourth-order valence-corrected chi connectivity index (χ4v) is 4.72. The van der Waals surface area contributed by atoms with Crippen molar-refractivity contribution in [1.82, 2.24) is 20.1 Å². The van der Waals surface area contributed by atoms with E-state index in [4.69, 9.17) is 16.3 Å². The lowest BCUT2D eigenvalue weighted by molar-refractivity contribution is -0.119. The van der Waals surface area contributed by atoms with Crippen LogP contribution >= 0.6 is 23.4 Å². The first-order valence-corrected chi connectivity index (χ1v) is 11.9. The van der Waals surface area contributed by atoms with Crippen LogP contribution in [0.4, 0.5) is 0 Å². The zero-order valence-corrected chi connectivity index (χ0v) is 19.0. The molecule has 1 fully saturated rings. The van der Waals surface area contributed by atoms with Crippen molar-refractivity contribution in [2.75, 3.05) is 12.4 Å². The Hall–Kier alpha value is -2.51. The Morgan fingerprint density at radius 1 is 1.16 bits per heavy atom. The summed E-state index contributed by atoms with van der Waals surface area (Å²) in [7, 11) is 0. The maximum Gasteiger partial charge on any atom is 0.230 e. The molecule has 0 bridgehead atoms. The average molecular weight is 457 g/mol. The third-order valence-corrected chi connectivity index (χ3v) is 6.47. The summed E-state index contributed by atoms with van der Waals surface area (Å²) in [5.41, 5.74) is 1.66. The molecule has 4 rings (SSSR count). The normalized spacial score (nSPS) is 14.0. The standard InChI is InChI=1S/C23H25ClN4O2S/c1-2-30-18-13-11-17(12-14-18)28-22(19-9-5-6-10-20(19)24)26-27-23(28)31-15-21(29)25-16-7-3-4-8-16/h5-6,9-14,16H,2-4,7-8,15H2,1H3,(H,25,29). The number of amides is 1. The number of hydrogen-bond donors (Lipinski definition) is 1. The van der Waals surface area contributed by atoms with Gasteiger partial charge in [0, 0.05) is 17.3 Å². The molecular formula is C23H25ClN4O2S. The zero-order chi connectivity index (χ0) is 21.6. The fraction of sp³-hybridized carbons (Fsp3) is 0.348. The highest BCUT2D eigenvalue weighted by molar-refractivity contribution is 7.99. The molecule has 0 saturated heterocycles. The van der Waals surface area contributed by atoms with Gasteiger partial charge in [-0.25, -0.2) is 0 Å². The van der Waals surface area contributed by atoms with Crippen LogP contribution in [0.3, 0.4) is 0 Å². The number of carbonyl (C=O) groups is 1. The molecule has 0 spiro atoms. The molecule has 1 aromatic heterocycles. The Kier molecular flexibility index (Phi) is 7.14. The highest BCUT2D eigenvalue weighted by atomic mass is 35.5. The molecule has 0 aliphatic heterocycles. The van der Waals surface area contributed by atoms with Gasteiger partial charge in [0.1, 0.15) is 5.75 Å². The van der Waals surface area contributed by atoms with Crippen LogP contribution < -0.4 is 10.1 Å². The Balaban J connectivity index is 1.61. The van der Waals surface area contributed by atoms with E-state index in [0.29, 0.717) is 28.7 Å². The van der Waals surface area contributed by atoms with Gasteiger partial charge >= 0.3 is 0 Å². The zero-order valence-electron chi connectivity index (χ0n) is 17.4. The molecule has 1 saturated carbocycles. The summed E-state index contributed by atoms with van der Waals surface area (Å²) in [6.07, 6.45) is 4.50. The minimum atomic E-state index is 0.0254. The molecule has 162 valence electrons. The predicted octanol–water partition coefficient (Wildman–Crippen LogP) is 5.14. The first-order chi connectivity index (χ1) is 15.2. The van der Waals surface area contributed by atoms with E-state index in [1.54, 1.807) is 0 Å². The molecule has 1 aliphatic carbocycles. The van der Waals surface area contributed by atoms with Crippen LogP contribution in [0, 0.1) is 0 Å². The molecule has 1 amide bonds. The molecular weight excluding hydrogens is 432 g/mol. The predicted molar refractivity (Wildman–Crippen MR) is 124 cm³/mol. The van der Waals surface area contributed by atoms with Crippen LogP contribution in [0.15, 0.2) is 53.7 Å². The Labute approximate surface area is 191 Å². The number of nitrogens with zero attached hydrogens (tertiary/aromatic N) is 3. The van der Waals surface area contributed by atoms with Gasteiger partial charge in [-0.3, -0.25) is 9.36 Å². The Bertz CT molecular complexity index is 1030. The van der Waals surface area contributed by atoms with Gasteiger partial charge < -0.3 is 10.1 Å². The fourth-order valence-electron chi connectivity index (χ4n) is 3.74. The van der Waals surface area contributed by atoms with E-state index >= 15 is 0 Å². The van der Waals surface area contributed by atoms with E-state index in [0.717, 1.165) is 29.8 Å². The summed E-state index contributed by atoms with van der Waals surface area (Å²) in [5.74, 6) is 1.74. The lowest BCUT2D eigenvalue weighted by atomic mass is 10.2. The summed E-state index contributed by atoms with van der Waals surface area (Å²) < 4.78 is 7.50. The van der Waals surface area contributed by atoms with Gasteiger partial charge in [-0.15, -0.1) is 10.2 Å². The minimum Gasteiger partial charge on any atom is -0.494 e. The lowest BCUT2D eigenvalue weighted by Gasteiger charge is -2.13. The van der Waals surface area contributed by atoms with Gasteiger partial charge in [0.05, 0.1) is 17.4 Å². The number of thioether (sulfide) groups is 1. The van der Waals surface area contributed by atoms with Gasteiger partial charge in [0.25, 0.3) is 0 Å². The van der Waals surface area contributed by atoms with E-state index in [2.05, 4.69) is 15.5 Å². The smallest absolute Gasteiger partial charge is 0.230 e. The molecule has 3 aromatic rings. The van der Waals surface area contributed by atoms with Crippen molar-refractivity contribution in [3.63, 3.8) is 0 Å². The van der Waals surface area contributed by atoms with Crippen molar-refractivity contribution < 1.29 is 9.53 Å². The molecule has 1 heterocycles. The molecule has 0 atom stereocenters. The number of nitrogens with one attached hydrogen (secondary N) is 1. The van der Waals surface area contributed by atoms with Crippen molar-refractivity contribution in [3.8, 4) is 22.8 Å². The molecule has 6 nitrogen and oxygen atoms in total. The molecule has 0 radical (unpaired) electrons. The van der Waals surface area contributed by atoms with Crippen molar-refractivity contribution in [2.45, 2.75) is 43.8 Å². The summed E-state index contributed by atoms with van der Waals surface area (Å²) in [6, 6.07) is 15.6. The topological polar surface area (TPSA) is 69.0 Å². The molecule has 31 heavy (non-hydrogen) atoms. The van der Waals surface area contributed by atoms with Gasteiger partial charge in [-0.2, -0.15) is 0 Å². The van der Waals surface area contributed by atoms with Crippen molar-refractivity contribution >= 4 is 29.3 Å². The maximum atomic E-state index is 12.4. The van der Waals surface area contributed by atoms with Crippen LogP contribution in [-0.4, -0.2) is 39.1 Å². The third kappa shape index (κ3) is 5.22. The average Bonchev–Trinajstić information content (AvgIpc) is 3.43. The number of ether oxygens (including phenoxy) is 1. The number of benzene rings is 2. The minimum absolute atomic E-state index is 0.0254. The number of aromatic nitrogens is 3. The van der Waals surface area contributed by atoms with E-state index < -0.39 is 0 Å². The van der Waals surface area contributed by atoms with Crippen molar-refractivity contribution in [2.24, 2.45) is 0 Å². The number of carbonyl (C=O) groups excluding carboxylic acids is 1. The molecule has 2 aromatic carbocycles. The second-order valence-electron chi connectivity index (χ2n) is 7.39. The van der Waals surface area contributed by atoms with E-state index in [9.17, 15) is 4.79 Å². The molecule has 1 aliphatic rings. The Morgan fingerprint density at radius 2 is 1.90 bits per heavy atom. The second-order valence-corrected chi connectivity index (χ2v) is 8.74. The lowest BCUT2D eigenvalue weighted by Crippen LogP contribution is -2.33. The number of hydrogen-bond acceptors (Lipinski definition) is 5. The molecule has 1 N–H and O–H groups in total. The Morgan fingerprint density at radius 3 is 2.61 bits per heavy atom. The van der Waals surface area contributed by atoms with Gasteiger partial charge in [0.15, 0.2) is 11.0 Å². The maximum absolute atomic E-state index is 12.4. The van der Waals surface area contributed by atoms with Crippen LogP contribution in [-0.2, 0) is 4.79 Å².